The topological polar surface area (TPSA) is 98.8 Å². The monoisotopic (exact) mass is 382 g/mol. The number of nitrogens with one attached hydrogen (secondary N) is 2. The number of piperazine rings is 1. The van der Waals surface area contributed by atoms with E-state index in [4.69, 9.17) is 0 Å². The third-order valence-electron chi connectivity index (χ3n) is 6.40. The molecule has 8 nitrogen and oxygen atoms in total. The summed E-state index contributed by atoms with van der Waals surface area (Å²) in [5.74, 6) is -1.85. The van der Waals surface area contributed by atoms with Gasteiger partial charge in [0.2, 0.25) is 11.8 Å². The predicted molar refractivity (Wildman–Crippen MR) is 98.3 cm³/mol. The average molecular weight is 382 g/mol. The molecule has 1 aromatic rings. The van der Waals surface area contributed by atoms with Crippen LogP contribution in [0.5, 0.6) is 0 Å². The Bertz CT molecular complexity index is 882. The number of hydrogen-bond donors (Lipinski definition) is 2. The second-order valence-corrected chi connectivity index (χ2v) is 8.04. The molecule has 4 amide bonds. The summed E-state index contributed by atoms with van der Waals surface area (Å²) in [5.41, 5.74) is 1.69. The molecule has 0 radical (unpaired) electrons. The number of fused-ring (bicyclic) bond motifs is 3. The number of rotatable bonds is 3. The highest BCUT2D eigenvalue weighted by Gasteiger charge is 2.45. The Morgan fingerprint density at radius 2 is 1.64 bits per heavy atom. The molecule has 0 aliphatic carbocycles. The molecule has 2 N–H and O–H groups in total. The number of benzene rings is 1. The first kappa shape index (κ1) is 17.5. The van der Waals surface area contributed by atoms with E-state index >= 15 is 0 Å². The molecule has 3 fully saturated rings. The van der Waals surface area contributed by atoms with Crippen molar-refractivity contribution < 1.29 is 19.2 Å². The van der Waals surface area contributed by atoms with Crippen LogP contribution in [0.4, 0.5) is 0 Å². The lowest BCUT2D eigenvalue weighted by Gasteiger charge is -2.35. The smallest absolute Gasteiger partial charge is 0.262 e. The summed E-state index contributed by atoms with van der Waals surface area (Å²) in [5, 5.41) is 5.68. The zero-order valence-electron chi connectivity index (χ0n) is 15.4. The van der Waals surface area contributed by atoms with Crippen molar-refractivity contribution >= 4 is 23.6 Å². The van der Waals surface area contributed by atoms with Gasteiger partial charge in [-0.2, -0.15) is 0 Å². The number of amides is 4. The molecule has 2 bridgehead atoms. The van der Waals surface area contributed by atoms with Gasteiger partial charge in [0.05, 0.1) is 11.1 Å². The van der Waals surface area contributed by atoms with E-state index in [2.05, 4.69) is 15.5 Å². The van der Waals surface area contributed by atoms with Gasteiger partial charge in [0, 0.05) is 38.1 Å². The highest BCUT2D eigenvalue weighted by molar-refractivity contribution is 6.23. The Balaban J connectivity index is 1.39. The summed E-state index contributed by atoms with van der Waals surface area (Å²) >= 11 is 0. The van der Waals surface area contributed by atoms with E-state index in [0.717, 1.165) is 30.1 Å². The molecule has 0 saturated carbocycles. The number of carbonyl (C=O) groups excluding carboxylic acids is 4. The van der Waals surface area contributed by atoms with E-state index in [1.54, 1.807) is 12.1 Å². The van der Waals surface area contributed by atoms with Crippen LogP contribution in [0, 0.1) is 0 Å². The van der Waals surface area contributed by atoms with Gasteiger partial charge in [-0.3, -0.25) is 34.3 Å². The van der Waals surface area contributed by atoms with Crippen molar-refractivity contribution in [2.45, 2.75) is 50.4 Å². The molecule has 4 aliphatic rings. The van der Waals surface area contributed by atoms with Crippen molar-refractivity contribution in [3.05, 3.63) is 34.9 Å². The van der Waals surface area contributed by atoms with Crippen molar-refractivity contribution in [2.75, 3.05) is 13.1 Å². The molecule has 5 rings (SSSR count). The maximum absolute atomic E-state index is 12.9. The predicted octanol–water partition coefficient (Wildman–Crippen LogP) is 0.0240. The number of imide groups is 2. The number of nitrogens with zero attached hydrogens (tertiary/aromatic N) is 2. The van der Waals surface area contributed by atoms with Crippen LogP contribution in [0.2, 0.25) is 0 Å². The number of carbonyl (C=O) groups is 4. The van der Waals surface area contributed by atoms with Gasteiger partial charge in [-0.15, -0.1) is 0 Å². The van der Waals surface area contributed by atoms with Crippen LogP contribution < -0.4 is 10.6 Å². The summed E-state index contributed by atoms with van der Waals surface area (Å²) < 4.78 is 0. The van der Waals surface area contributed by atoms with Gasteiger partial charge >= 0.3 is 0 Å². The molecule has 28 heavy (non-hydrogen) atoms. The third-order valence-corrected chi connectivity index (χ3v) is 6.40. The zero-order chi connectivity index (χ0) is 19.4. The molecular formula is C20H22N4O4. The van der Waals surface area contributed by atoms with Crippen LogP contribution in [0.3, 0.4) is 0 Å². The van der Waals surface area contributed by atoms with Crippen LogP contribution in [0.25, 0.3) is 0 Å². The summed E-state index contributed by atoms with van der Waals surface area (Å²) in [6.45, 7) is 2.73. The lowest BCUT2D eigenvalue weighted by Crippen LogP contribution is -2.54. The highest BCUT2D eigenvalue weighted by Crippen LogP contribution is 2.31. The number of hydrogen-bond acceptors (Lipinski definition) is 6. The van der Waals surface area contributed by atoms with Crippen LogP contribution in [-0.4, -0.2) is 64.6 Å². The molecule has 146 valence electrons. The van der Waals surface area contributed by atoms with Gasteiger partial charge in [0.15, 0.2) is 0 Å². The van der Waals surface area contributed by atoms with E-state index in [1.807, 2.05) is 6.07 Å². The summed E-state index contributed by atoms with van der Waals surface area (Å²) in [6.07, 6.45) is 2.67. The SMILES string of the molecule is O=C1CCC(N2C(=O)c3ccc(CN4C5CCC4CNC5)cc3C2=O)C(=O)N1. The fourth-order valence-electron chi connectivity index (χ4n) is 4.96. The summed E-state index contributed by atoms with van der Waals surface area (Å²) in [7, 11) is 0. The van der Waals surface area contributed by atoms with E-state index in [0.29, 0.717) is 23.2 Å². The first-order valence-corrected chi connectivity index (χ1v) is 9.84. The molecule has 8 heteroatoms. The molecule has 3 saturated heterocycles. The first-order valence-electron chi connectivity index (χ1n) is 9.84. The Kier molecular flexibility index (Phi) is 4.06. The Morgan fingerprint density at radius 3 is 2.36 bits per heavy atom. The van der Waals surface area contributed by atoms with Crippen molar-refractivity contribution in [3.8, 4) is 0 Å². The van der Waals surface area contributed by atoms with Crippen molar-refractivity contribution in [3.63, 3.8) is 0 Å². The van der Waals surface area contributed by atoms with Crippen molar-refractivity contribution in [1.29, 1.82) is 0 Å². The second kappa shape index (κ2) is 6.49. The lowest BCUT2D eigenvalue weighted by atomic mass is 10.0. The fraction of sp³-hybridized carbons (Fsp3) is 0.500. The first-order chi connectivity index (χ1) is 13.5. The van der Waals surface area contributed by atoms with Crippen molar-refractivity contribution in [2.24, 2.45) is 0 Å². The van der Waals surface area contributed by atoms with Gasteiger partial charge in [-0.25, -0.2) is 0 Å². The van der Waals surface area contributed by atoms with Crippen LogP contribution in [-0.2, 0) is 16.1 Å². The molecule has 0 aromatic heterocycles. The minimum atomic E-state index is -0.919. The van der Waals surface area contributed by atoms with Crippen LogP contribution in [0.1, 0.15) is 52.0 Å². The van der Waals surface area contributed by atoms with E-state index < -0.39 is 23.8 Å². The molecule has 3 atom stereocenters. The fourth-order valence-corrected chi connectivity index (χ4v) is 4.96. The molecule has 4 aliphatic heterocycles. The Hall–Kier alpha value is -2.58. The molecule has 4 heterocycles. The van der Waals surface area contributed by atoms with Crippen molar-refractivity contribution in [1.82, 2.24) is 20.4 Å². The zero-order valence-corrected chi connectivity index (χ0v) is 15.4. The molecule has 0 spiro atoms. The van der Waals surface area contributed by atoms with Gasteiger partial charge in [-0.1, -0.05) is 6.07 Å². The minimum Gasteiger partial charge on any atom is -0.314 e. The quantitative estimate of drug-likeness (QED) is 0.716. The van der Waals surface area contributed by atoms with Gasteiger partial charge < -0.3 is 5.32 Å². The normalized spacial score (nSPS) is 30.0. The molecule has 1 aromatic carbocycles. The third kappa shape index (κ3) is 2.67. The van der Waals surface area contributed by atoms with Crippen LogP contribution in [0.15, 0.2) is 18.2 Å². The van der Waals surface area contributed by atoms with Gasteiger partial charge in [-0.05, 0) is 37.0 Å². The maximum Gasteiger partial charge on any atom is 0.262 e. The lowest BCUT2D eigenvalue weighted by molar-refractivity contribution is -0.136. The van der Waals surface area contributed by atoms with Crippen LogP contribution >= 0.6 is 0 Å². The van der Waals surface area contributed by atoms with E-state index in [9.17, 15) is 19.2 Å². The van der Waals surface area contributed by atoms with Gasteiger partial charge in [0.25, 0.3) is 11.8 Å². The minimum absolute atomic E-state index is 0.126. The van der Waals surface area contributed by atoms with E-state index in [-0.39, 0.29) is 18.7 Å². The number of piperidine rings is 1. The maximum atomic E-state index is 12.9. The summed E-state index contributed by atoms with van der Waals surface area (Å²) in [6, 6.07) is 5.51. The Morgan fingerprint density at radius 1 is 0.929 bits per heavy atom. The second-order valence-electron chi connectivity index (χ2n) is 8.04. The molecule has 3 unspecified atom stereocenters. The van der Waals surface area contributed by atoms with E-state index in [1.165, 1.54) is 12.8 Å². The average Bonchev–Trinajstić information content (AvgIpc) is 3.03. The highest BCUT2D eigenvalue weighted by atomic mass is 16.2. The summed E-state index contributed by atoms with van der Waals surface area (Å²) in [4.78, 5) is 52.7. The molecular weight excluding hydrogens is 360 g/mol. The van der Waals surface area contributed by atoms with Gasteiger partial charge in [0.1, 0.15) is 6.04 Å². The largest absolute Gasteiger partial charge is 0.314 e. The Labute approximate surface area is 162 Å². The standard InChI is InChI=1S/C20H22N4O4/c25-17-6-5-16(18(26)22-17)24-19(27)14-4-1-11(7-15(14)20(24)28)10-23-12-2-3-13(23)9-21-8-12/h1,4,7,12-13,16,21H,2-3,5-6,8-10H2,(H,22,25,26).